The predicted octanol–water partition coefficient (Wildman–Crippen LogP) is 3.03. The van der Waals surface area contributed by atoms with Crippen molar-refractivity contribution in [3.8, 4) is 0 Å². The zero-order chi connectivity index (χ0) is 13.8. The average molecular weight is 276 g/mol. The van der Waals surface area contributed by atoms with E-state index in [9.17, 15) is 13.6 Å². The molecule has 0 aliphatic carbocycles. The quantitative estimate of drug-likeness (QED) is 0.823. The minimum Gasteiger partial charge on any atom is -0.351 e. The lowest BCUT2D eigenvalue weighted by molar-refractivity contribution is -0.122. The van der Waals surface area contributed by atoms with Crippen LogP contribution in [0, 0.1) is 11.6 Å². The highest BCUT2D eigenvalue weighted by atomic mass is 35.5. The van der Waals surface area contributed by atoms with Crippen LogP contribution in [0.3, 0.4) is 0 Å². The summed E-state index contributed by atoms with van der Waals surface area (Å²) in [5.74, 6) is -1.24. The van der Waals surface area contributed by atoms with Gasteiger partial charge < -0.3 is 5.32 Å². The van der Waals surface area contributed by atoms with Crippen LogP contribution < -0.4 is 5.32 Å². The predicted molar refractivity (Wildman–Crippen MR) is 67.6 cm³/mol. The van der Waals surface area contributed by atoms with Crippen molar-refractivity contribution in [3.05, 3.63) is 35.4 Å². The Labute approximate surface area is 110 Å². The molecule has 5 heteroatoms. The van der Waals surface area contributed by atoms with Gasteiger partial charge in [-0.1, -0.05) is 6.07 Å². The van der Waals surface area contributed by atoms with Crippen LogP contribution in [0.4, 0.5) is 8.78 Å². The lowest BCUT2D eigenvalue weighted by Crippen LogP contribution is -2.44. The minimum absolute atomic E-state index is 0.113. The van der Waals surface area contributed by atoms with E-state index >= 15 is 0 Å². The van der Waals surface area contributed by atoms with Crippen LogP contribution in [0.2, 0.25) is 0 Å². The molecule has 0 atom stereocenters. The fraction of sp³-hybridized carbons (Fsp3) is 0.462. The molecule has 0 aliphatic rings. The van der Waals surface area contributed by atoms with Crippen LogP contribution in [-0.2, 0) is 11.2 Å². The Morgan fingerprint density at radius 1 is 1.39 bits per heavy atom. The van der Waals surface area contributed by atoms with Crippen molar-refractivity contribution in [2.75, 3.05) is 5.88 Å². The lowest BCUT2D eigenvalue weighted by Gasteiger charge is -2.25. The maximum absolute atomic E-state index is 13.4. The smallest absolute Gasteiger partial charge is 0.224 e. The van der Waals surface area contributed by atoms with Crippen LogP contribution in [0.25, 0.3) is 0 Å². The molecule has 2 nitrogen and oxygen atoms in total. The molecule has 0 saturated heterocycles. The van der Waals surface area contributed by atoms with Crippen LogP contribution >= 0.6 is 11.6 Å². The number of benzene rings is 1. The lowest BCUT2D eigenvalue weighted by atomic mass is 10.0. The molecule has 0 aromatic heterocycles. The van der Waals surface area contributed by atoms with Gasteiger partial charge in [-0.3, -0.25) is 4.79 Å². The Morgan fingerprint density at radius 3 is 2.61 bits per heavy atom. The molecule has 100 valence electrons. The number of carbonyl (C=O) groups excluding carboxylic acids is 1. The Hall–Kier alpha value is -1.16. The normalized spacial score (nSPS) is 11.4. The summed E-state index contributed by atoms with van der Waals surface area (Å²) >= 11 is 5.62. The van der Waals surface area contributed by atoms with Crippen molar-refractivity contribution < 1.29 is 13.6 Å². The van der Waals surface area contributed by atoms with Gasteiger partial charge >= 0.3 is 0 Å². The van der Waals surface area contributed by atoms with Gasteiger partial charge in [-0.2, -0.15) is 0 Å². The largest absolute Gasteiger partial charge is 0.351 e. The first kappa shape index (κ1) is 14.9. The first-order chi connectivity index (χ1) is 8.34. The van der Waals surface area contributed by atoms with Gasteiger partial charge in [0, 0.05) is 17.5 Å². The number of alkyl halides is 1. The molecule has 1 N–H and O–H groups in total. The van der Waals surface area contributed by atoms with Gasteiger partial charge in [0.05, 0.1) is 6.42 Å². The SMILES string of the molecule is CC(C)(CCCl)NC(=O)Cc1ccc(F)cc1F. The minimum atomic E-state index is -0.708. The summed E-state index contributed by atoms with van der Waals surface area (Å²) in [4.78, 5) is 11.7. The molecular weight excluding hydrogens is 260 g/mol. The molecule has 1 amide bonds. The van der Waals surface area contributed by atoms with Crippen molar-refractivity contribution >= 4 is 17.5 Å². The van der Waals surface area contributed by atoms with E-state index in [2.05, 4.69) is 5.32 Å². The third kappa shape index (κ3) is 4.61. The average Bonchev–Trinajstić information content (AvgIpc) is 2.21. The van der Waals surface area contributed by atoms with Crippen LogP contribution in [0.1, 0.15) is 25.8 Å². The Morgan fingerprint density at radius 2 is 2.06 bits per heavy atom. The molecule has 0 heterocycles. The second kappa shape index (κ2) is 6.14. The van der Waals surface area contributed by atoms with Crippen molar-refractivity contribution in [3.63, 3.8) is 0 Å². The fourth-order valence-corrected chi connectivity index (χ4v) is 2.03. The van der Waals surface area contributed by atoms with E-state index in [1.165, 1.54) is 6.07 Å². The van der Waals surface area contributed by atoms with Crippen LogP contribution in [0.5, 0.6) is 0 Å². The van der Waals surface area contributed by atoms with Gasteiger partial charge in [0.1, 0.15) is 11.6 Å². The summed E-state index contributed by atoms with van der Waals surface area (Å²) in [5, 5.41) is 2.76. The van der Waals surface area contributed by atoms with Crippen molar-refractivity contribution in [1.82, 2.24) is 5.32 Å². The second-order valence-corrected chi connectivity index (χ2v) is 5.16. The molecular formula is C13H16ClF2NO. The molecule has 1 aromatic carbocycles. The maximum atomic E-state index is 13.4. The highest BCUT2D eigenvalue weighted by Crippen LogP contribution is 2.13. The summed E-state index contributed by atoms with van der Waals surface area (Å²) in [6, 6.07) is 3.18. The second-order valence-electron chi connectivity index (χ2n) is 4.78. The van der Waals surface area contributed by atoms with Gasteiger partial charge in [-0.15, -0.1) is 11.6 Å². The molecule has 0 aliphatic heterocycles. The number of nitrogens with one attached hydrogen (secondary N) is 1. The summed E-state index contributed by atoms with van der Waals surface area (Å²) < 4.78 is 26.1. The Bertz CT molecular complexity index is 435. The molecule has 0 radical (unpaired) electrons. The molecule has 1 rings (SSSR count). The van der Waals surface area contributed by atoms with Gasteiger partial charge in [0.25, 0.3) is 0 Å². The zero-order valence-electron chi connectivity index (χ0n) is 10.4. The maximum Gasteiger partial charge on any atom is 0.224 e. The fourth-order valence-electron chi connectivity index (χ4n) is 1.56. The van der Waals surface area contributed by atoms with Crippen molar-refractivity contribution in [2.24, 2.45) is 0 Å². The van der Waals surface area contributed by atoms with E-state index in [4.69, 9.17) is 11.6 Å². The van der Waals surface area contributed by atoms with Gasteiger partial charge in [0.15, 0.2) is 0 Å². The number of carbonyl (C=O) groups is 1. The number of amides is 1. The topological polar surface area (TPSA) is 29.1 Å². The summed E-state index contributed by atoms with van der Waals surface area (Å²) in [7, 11) is 0. The third-order valence-electron chi connectivity index (χ3n) is 2.56. The molecule has 0 bridgehead atoms. The van der Waals surface area contributed by atoms with E-state index < -0.39 is 17.2 Å². The van der Waals surface area contributed by atoms with E-state index in [1.807, 2.05) is 13.8 Å². The van der Waals surface area contributed by atoms with Crippen LogP contribution in [-0.4, -0.2) is 17.3 Å². The Balaban J connectivity index is 2.65. The number of hydrogen-bond donors (Lipinski definition) is 1. The monoisotopic (exact) mass is 275 g/mol. The molecule has 0 spiro atoms. The molecule has 0 unspecified atom stereocenters. The third-order valence-corrected chi connectivity index (χ3v) is 2.75. The van der Waals surface area contributed by atoms with E-state index in [0.717, 1.165) is 12.1 Å². The molecule has 1 aromatic rings. The first-order valence-corrected chi connectivity index (χ1v) is 6.18. The number of halogens is 3. The summed E-state index contributed by atoms with van der Waals surface area (Å²) in [5.41, 5.74) is -0.259. The van der Waals surface area contributed by atoms with Gasteiger partial charge in [0.2, 0.25) is 5.91 Å². The molecule has 18 heavy (non-hydrogen) atoms. The van der Waals surface area contributed by atoms with Gasteiger partial charge in [-0.25, -0.2) is 8.78 Å². The zero-order valence-corrected chi connectivity index (χ0v) is 11.2. The molecule has 0 fully saturated rings. The standard InChI is InChI=1S/C13H16ClF2NO/c1-13(2,5-6-14)17-12(18)7-9-3-4-10(15)8-11(9)16/h3-4,8H,5-7H2,1-2H3,(H,17,18). The first-order valence-electron chi connectivity index (χ1n) is 5.65. The summed E-state index contributed by atoms with van der Waals surface area (Å²) in [6.07, 6.45) is 0.504. The highest BCUT2D eigenvalue weighted by Gasteiger charge is 2.20. The van der Waals surface area contributed by atoms with Gasteiger partial charge in [-0.05, 0) is 31.9 Å². The number of hydrogen-bond acceptors (Lipinski definition) is 1. The van der Waals surface area contributed by atoms with E-state index in [-0.39, 0.29) is 17.9 Å². The summed E-state index contributed by atoms with van der Waals surface area (Å²) in [6.45, 7) is 3.68. The Kier molecular flexibility index (Phi) is 5.08. The van der Waals surface area contributed by atoms with Crippen molar-refractivity contribution in [1.29, 1.82) is 0 Å². The van der Waals surface area contributed by atoms with E-state index in [0.29, 0.717) is 12.3 Å². The number of rotatable bonds is 5. The van der Waals surface area contributed by atoms with Crippen LogP contribution in [0.15, 0.2) is 18.2 Å². The molecule has 0 saturated carbocycles. The van der Waals surface area contributed by atoms with E-state index in [1.54, 1.807) is 0 Å². The highest BCUT2D eigenvalue weighted by molar-refractivity contribution is 6.17. The van der Waals surface area contributed by atoms with Crippen molar-refractivity contribution in [2.45, 2.75) is 32.2 Å².